The van der Waals surface area contributed by atoms with E-state index in [9.17, 15) is 13.2 Å². The molecule has 1 aliphatic heterocycles. The number of piperidine rings is 1. The van der Waals surface area contributed by atoms with Gasteiger partial charge in [0.2, 0.25) is 15.9 Å². The maximum Gasteiger partial charge on any atom is 0.244 e. The number of nitrogens with one attached hydrogen (secondary N) is 1. The number of sulfonamides is 1. The molecule has 1 aromatic rings. The summed E-state index contributed by atoms with van der Waals surface area (Å²) >= 11 is 1.68. The maximum atomic E-state index is 11.9. The van der Waals surface area contributed by atoms with Gasteiger partial charge in [-0.2, -0.15) is 0 Å². The fourth-order valence-electron chi connectivity index (χ4n) is 2.64. The Morgan fingerprint density at radius 3 is 2.46 bits per heavy atom. The lowest BCUT2D eigenvalue weighted by atomic mass is 9.98. The maximum absolute atomic E-state index is 11.9. The first-order valence-corrected chi connectivity index (χ1v) is 11.0. The third kappa shape index (κ3) is 5.96. The first kappa shape index (κ1) is 19.0. The van der Waals surface area contributed by atoms with Gasteiger partial charge < -0.3 is 5.32 Å². The molecule has 1 aromatic carbocycles. The molecule has 0 radical (unpaired) electrons. The number of amides is 1. The number of hydrogen-bond donors (Lipinski definition) is 1. The van der Waals surface area contributed by atoms with Crippen molar-refractivity contribution in [2.75, 3.05) is 32.1 Å². The van der Waals surface area contributed by atoms with E-state index in [4.69, 9.17) is 0 Å². The molecule has 5 nitrogen and oxygen atoms in total. The molecular weight excluding hydrogens is 344 g/mol. The zero-order valence-corrected chi connectivity index (χ0v) is 15.7. The smallest absolute Gasteiger partial charge is 0.244 e. The Balaban J connectivity index is 1.74. The number of thioether (sulfide) groups is 1. The summed E-state index contributed by atoms with van der Waals surface area (Å²) < 4.78 is 24.4. The van der Waals surface area contributed by atoms with Crippen LogP contribution < -0.4 is 5.32 Å². The molecule has 0 saturated carbocycles. The third-order valence-corrected chi connectivity index (χ3v) is 6.20. The SMILES string of the molecule is CSc1ccc(C=CC(=O)NCC2CCN(S(C)(=O)=O)CC2)cc1. The van der Waals surface area contributed by atoms with Crippen molar-refractivity contribution in [1.82, 2.24) is 9.62 Å². The Hall–Kier alpha value is -1.31. The summed E-state index contributed by atoms with van der Waals surface area (Å²) in [6.07, 6.45) is 8.18. The van der Waals surface area contributed by atoms with Crippen LogP contribution in [0, 0.1) is 5.92 Å². The molecule has 0 aliphatic carbocycles. The highest BCUT2D eigenvalue weighted by Crippen LogP contribution is 2.18. The molecule has 0 spiro atoms. The Labute approximate surface area is 148 Å². The molecule has 132 valence electrons. The monoisotopic (exact) mass is 368 g/mol. The predicted molar refractivity (Wildman–Crippen MR) is 99.4 cm³/mol. The van der Waals surface area contributed by atoms with E-state index < -0.39 is 10.0 Å². The van der Waals surface area contributed by atoms with Gasteiger partial charge in [0.15, 0.2) is 0 Å². The Bertz CT molecular complexity index is 676. The minimum Gasteiger partial charge on any atom is -0.352 e. The van der Waals surface area contributed by atoms with Crippen LogP contribution in [-0.4, -0.2) is 50.8 Å². The van der Waals surface area contributed by atoms with Crippen LogP contribution in [0.4, 0.5) is 0 Å². The minimum absolute atomic E-state index is 0.116. The van der Waals surface area contributed by atoms with Gasteiger partial charge in [0.1, 0.15) is 0 Å². The molecule has 1 amide bonds. The lowest BCUT2D eigenvalue weighted by Crippen LogP contribution is -2.40. The lowest BCUT2D eigenvalue weighted by Gasteiger charge is -2.30. The van der Waals surface area contributed by atoms with E-state index in [2.05, 4.69) is 5.32 Å². The van der Waals surface area contributed by atoms with Crippen molar-refractivity contribution in [3.63, 3.8) is 0 Å². The van der Waals surface area contributed by atoms with Gasteiger partial charge in [-0.15, -0.1) is 11.8 Å². The van der Waals surface area contributed by atoms with Crippen LogP contribution in [0.5, 0.6) is 0 Å². The molecule has 1 aliphatic rings. The molecule has 0 unspecified atom stereocenters. The van der Waals surface area contributed by atoms with Crippen molar-refractivity contribution in [2.24, 2.45) is 5.92 Å². The van der Waals surface area contributed by atoms with Crippen molar-refractivity contribution in [1.29, 1.82) is 0 Å². The summed E-state index contributed by atoms with van der Waals surface area (Å²) in [6.45, 7) is 1.67. The second-order valence-electron chi connectivity index (χ2n) is 5.96. The van der Waals surface area contributed by atoms with E-state index in [0.29, 0.717) is 25.6 Å². The van der Waals surface area contributed by atoms with E-state index in [1.165, 1.54) is 15.5 Å². The number of hydrogen-bond acceptors (Lipinski definition) is 4. The molecular formula is C17H24N2O3S2. The molecule has 0 atom stereocenters. The summed E-state index contributed by atoms with van der Waals surface area (Å²) in [5, 5.41) is 2.90. The van der Waals surface area contributed by atoms with Gasteiger partial charge in [-0.1, -0.05) is 12.1 Å². The van der Waals surface area contributed by atoms with Gasteiger partial charge in [0, 0.05) is 30.6 Å². The number of nitrogens with zero attached hydrogens (tertiary/aromatic N) is 1. The van der Waals surface area contributed by atoms with E-state index in [1.807, 2.05) is 30.5 Å². The molecule has 1 saturated heterocycles. The summed E-state index contributed by atoms with van der Waals surface area (Å²) in [5.74, 6) is 0.218. The number of carbonyl (C=O) groups excluding carboxylic acids is 1. The Morgan fingerprint density at radius 1 is 1.29 bits per heavy atom. The van der Waals surface area contributed by atoms with Gasteiger partial charge in [-0.05, 0) is 48.8 Å². The van der Waals surface area contributed by atoms with Crippen LogP contribution in [0.1, 0.15) is 18.4 Å². The normalized spacial score (nSPS) is 17.2. The predicted octanol–water partition coefficient (Wildman–Crippen LogP) is 2.21. The molecule has 0 bridgehead atoms. The molecule has 1 fully saturated rings. The number of carbonyl (C=O) groups is 1. The van der Waals surface area contributed by atoms with Crippen molar-refractivity contribution < 1.29 is 13.2 Å². The topological polar surface area (TPSA) is 66.5 Å². The highest BCUT2D eigenvalue weighted by molar-refractivity contribution is 7.98. The standard InChI is InChI=1S/C17H24N2O3S2/c1-23-16-6-3-14(4-7-16)5-8-17(20)18-13-15-9-11-19(12-10-15)24(2,21)22/h3-8,15H,9-13H2,1-2H3,(H,18,20). The largest absolute Gasteiger partial charge is 0.352 e. The average Bonchev–Trinajstić information content (AvgIpc) is 2.58. The summed E-state index contributed by atoms with van der Waals surface area (Å²) in [7, 11) is -3.09. The van der Waals surface area contributed by atoms with Crippen LogP contribution in [0.2, 0.25) is 0 Å². The van der Waals surface area contributed by atoms with E-state index in [-0.39, 0.29) is 5.91 Å². The van der Waals surface area contributed by atoms with E-state index >= 15 is 0 Å². The van der Waals surface area contributed by atoms with Crippen molar-refractivity contribution in [3.8, 4) is 0 Å². The van der Waals surface area contributed by atoms with Gasteiger partial charge in [-0.25, -0.2) is 12.7 Å². The second-order valence-corrected chi connectivity index (χ2v) is 8.82. The quantitative estimate of drug-likeness (QED) is 0.618. The first-order valence-electron chi connectivity index (χ1n) is 7.93. The van der Waals surface area contributed by atoms with Gasteiger partial charge >= 0.3 is 0 Å². The van der Waals surface area contributed by atoms with Gasteiger partial charge in [-0.3, -0.25) is 4.79 Å². The molecule has 7 heteroatoms. The summed E-state index contributed by atoms with van der Waals surface area (Å²) in [5.41, 5.74) is 0.990. The van der Waals surface area contributed by atoms with E-state index in [0.717, 1.165) is 18.4 Å². The molecule has 2 rings (SSSR count). The van der Waals surface area contributed by atoms with Crippen molar-refractivity contribution >= 4 is 33.8 Å². The average molecular weight is 369 g/mol. The third-order valence-electron chi connectivity index (χ3n) is 4.15. The Kier molecular flexibility index (Phi) is 6.89. The van der Waals surface area contributed by atoms with E-state index in [1.54, 1.807) is 23.9 Å². The highest BCUT2D eigenvalue weighted by Gasteiger charge is 2.24. The summed E-state index contributed by atoms with van der Waals surface area (Å²) in [4.78, 5) is 13.1. The highest BCUT2D eigenvalue weighted by atomic mass is 32.2. The van der Waals surface area contributed by atoms with Gasteiger partial charge in [0.25, 0.3) is 0 Å². The lowest BCUT2D eigenvalue weighted by molar-refractivity contribution is -0.116. The number of rotatable bonds is 6. The minimum atomic E-state index is -3.09. The van der Waals surface area contributed by atoms with Crippen LogP contribution in [0.25, 0.3) is 6.08 Å². The van der Waals surface area contributed by atoms with Crippen LogP contribution >= 0.6 is 11.8 Å². The zero-order valence-electron chi connectivity index (χ0n) is 14.1. The fourth-order valence-corrected chi connectivity index (χ4v) is 3.92. The zero-order chi connectivity index (χ0) is 17.6. The van der Waals surface area contributed by atoms with Crippen LogP contribution in [-0.2, 0) is 14.8 Å². The van der Waals surface area contributed by atoms with Crippen LogP contribution in [0.15, 0.2) is 35.2 Å². The second kappa shape index (κ2) is 8.69. The van der Waals surface area contributed by atoms with Crippen molar-refractivity contribution in [3.05, 3.63) is 35.9 Å². The fraction of sp³-hybridized carbons (Fsp3) is 0.471. The van der Waals surface area contributed by atoms with Crippen molar-refractivity contribution in [2.45, 2.75) is 17.7 Å². The molecule has 24 heavy (non-hydrogen) atoms. The van der Waals surface area contributed by atoms with Gasteiger partial charge in [0.05, 0.1) is 6.26 Å². The Morgan fingerprint density at radius 2 is 1.92 bits per heavy atom. The molecule has 0 aromatic heterocycles. The molecule has 1 heterocycles. The summed E-state index contributed by atoms with van der Waals surface area (Å²) in [6, 6.07) is 8.02. The number of benzene rings is 1. The van der Waals surface area contributed by atoms with Crippen LogP contribution in [0.3, 0.4) is 0 Å². The molecule has 1 N–H and O–H groups in total. The first-order chi connectivity index (χ1) is 11.4.